The molecular weight excluding hydrogens is 490 g/mol. The van der Waals surface area contributed by atoms with Gasteiger partial charge in [-0.05, 0) is 30.2 Å². The number of nitro groups is 1. The number of aliphatic hydroxyl groups is 1. The Bertz CT molecular complexity index is 1210. The average molecular weight is 516 g/mol. The van der Waals surface area contributed by atoms with Crippen molar-refractivity contribution >= 4 is 34.7 Å². The zero-order valence-electron chi connectivity index (χ0n) is 19.7. The van der Waals surface area contributed by atoms with E-state index in [1.165, 1.54) is 48.4 Å². The summed E-state index contributed by atoms with van der Waals surface area (Å²) in [7, 11) is 1.45. The Labute approximate surface area is 212 Å². The molecule has 1 amide bonds. The van der Waals surface area contributed by atoms with Crippen molar-refractivity contribution < 1.29 is 29.1 Å². The van der Waals surface area contributed by atoms with Crippen LogP contribution in [0.15, 0.2) is 48.0 Å². The highest BCUT2D eigenvalue weighted by molar-refractivity contribution is 6.46. The summed E-state index contributed by atoms with van der Waals surface area (Å²) in [6.45, 7) is 3.78. The van der Waals surface area contributed by atoms with Gasteiger partial charge in [-0.15, -0.1) is 0 Å². The van der Waals surface area contributed by atoms with E-state index >= 15 is 0 Å². The molecule has 0 radical (unpaired) electrons. The number of Topliss-reactive ketones (excluding diaryl/α,β-unsaturated/α-hetero) is 1. The van der Waals surface area contributed by atoms with Gasteiger partial charge >= 0.3 is 0 Å². The number of methoxy groups -OCH3 is 1. The van der Waals surface area contributed by atoms with Gasteiger partial charge in [0.25, 0.3) is 17.4 Å². The number of hydrogen-bond donors (Lipinski definition) is 1. The normalized spacial score (nSPS) is 20.1. The van der Waals surface area contributed by atoms with Crippen LogP contribution in [0.5, 0.6) is 5.75 Å². The van der Waals surface area contributed by atoms with Gasteiger partial charge in [0, 0.05) is 43.9 Å². The molecule has 0 aliphatic carbocycles. The lowest BCUT2D eigenvalue weighted by atomic mass is 9.95. The fourth-order valence-corrected chi connectivity index (χ4v) is 4.78. The molecule has 36 heavy (non-hydrogen) atoms. The molecule has 2 fully saturated rings. The molecule has 2 aromatic carbocycles. The molecule has 0 saturated carbocycles. The number of benzene rings is 2. The lowest BCUT2D eigenvalue weighted by Crippen LogP contribution is -2.39. The number of carbonyl (C=O) groups is 2. The second kappa shape index (κ2) is 11.1. The summed E-state index contributed by atoms with van der Waals surface area (Å²) in [6, 6.07) is 9.26. The number of carbonyl (C=O) groups excluding carboxylic acids is 2. The largest absolute Gasteiger partial charge is 0.507 e. The maximum Gasteiger partial charge on any atom is 0.295 e. The molecule has 10 nitrogen and oxygen atoms in total. The van der Waals surface area contributed by atoms with Gasteiger partial charge in [-0.1, -0.05) is 23.7 Å². The molecule has 1 N–H and O–H groups in total. The van der Waals surface area contributed by atoms with Gasteiger partial charge < -0.3 is 19.5 Å². The quantitative estimate of drug-likeness (QED) is 0.186. The van der Waals surface area contributed by atoms with Gasteiger partial charge in [-0.25, -0.2) is 0 Å². The van der Waals surface area contributed by atoms with Crippen molar-refractivity contribution in [2.45, 2.75) is 12.5 Å². The molecular formula is C25H26ClN3O7. The third-order valence-electron chi connectivity index (χ3n) is 6.34. The van der Waals surface area contributed by atoms with Gasteiger partial charge in [-0.2, -0.15) is 0 Å². The van der Waals surface area contributed by atoms with E-state index in [1.54, 1.807) is 6.07 Å². The summed E-state index contributed by atoms with van der Waals surface area (Å²) in [5.74, 6) is -1.66. The number of aliphatic hydroxyl groups excluding tert-OH is 1. The standard InChI is InChI=1S/C25H26ClN3O7/c1-35-20-7-6-17(15-19(20)26)23(30)21-22(16-4-2-5-18(14-16)29(33)34)28(25(32)24(21)31)9-3-8-27-10-12-36-13-11-27/h2,4-7,14-15,22,30H,3,8-13H2,1H3/b23-21+. The smallest absolute Gasteiger partial charge is 0.295 e. The Morgan fingerprint density at radius 3 is 2.61 bits per heavy atom. The number of halogens is 1. The molecule has 1 atom stereocenters. The highest BCUT2D eigenvalue weighted by atomic mass is 35.5. The minimum Gasteiger partial charge on any atom is -0.507 e. The third kappa shape index (κ3) is 5.20. The van der Waals surface area contributed by atoms with Crippen molar-refractivity contribution in [1.29, 1.82) is 0 Å². The third-order valence-corrected chi connectivity index (χ3v) is 6.63. The van der Waals surface area contributed by atoms with E-state index in [2.05, 4.69) is 4.90 Å². The number of non-ortho nitro benzene ring substituents is 1. The topological polar surface area (TPSA) is 122 Å². The SMILES string of the molecule is COc1ccc(/C(O)=C2\C(=O)C(=O)N(CCCN3CCOCC3)C2c2cccc([N+](=O)[O-])c2)cc1Cl. The van der Waals surface area contributed by atoms with Gasteiger partial charge in [0.05, 0.1) is 41.9 Å². The van der Waals surface area contributed by atoms with Gasteiger partial charge in [0.2, 0.25) is 0 Å². The Kier molecular flexibility index (Phi) is 7.88. The minimum atomic E-state index is -0.990. The zero-order chi connectivity index (χ0) is 25.8. The first-order valence-electron chi connectivity index (χ1n) is 11.5. The number of ketones is 1. The lowest BCUT2D eigenvalue weighted by molar-refractivity contribution is -0.384. The van der Waals surface area contributed by atoms with Gasteiger partial charge in [0.15, 0.2) is 0 Å². The fourth-order valence-electron chi connectivity index (χ4n) is 4.52. The monoisotopic (exact) mass is 515 g/mol. The number of rotatable bonds is 8. The molecule has 0 aromatic heterocycles. The zero-order valence-corrected chi connectivity index (χ0v) is 20.4. The highest BCUT2D eigenvalue weighted by Crippen LogP contribution is 2.41. The van der Waals surface area contributed by atoms with Crippen LogP contribution in [0.2, 0.25) is 5.02 Å². The maximum absolute atomic E-state index is 13.2. The summed E-state index contributed by atoms with van der Waals surface area (Å²) < 4.78 is 10.5. The predicted molar refractivity (Wildman–Crippen MR) is 132 cm³/mol. The van der Waals surface area contributed by atoms with Crippen LogP contribution in [-0.4, -0.2) is 78.0 Å². The summed E-state index contributed by atoms with van der Waals surface area (Å²) in [4.78, 5) is 40.8. The number of nitrogens with zero attached hydrogens (tertiary/aromatic N) is 3. The second-order valence-electron chi connectivity index (χ2n) is 8.50. The molecule has 2 aliphatic rings. The van der Waals surface area contributed by atoms with Crippen LogP contribution >= 0.6 is 11.6 Å². The molecule has 2 aromatic rings. The molecule has 11 heteroatoms. The number of ether oxygens (including phenoxy) is 2. The molecule has 1 unspecified atom stereocenters. The van der Waals surface area contributed by atoms with E-state index in [4.69, 9.17) is 21.1 Å². The van der Waals surface area contributed by atoms with Crippen LogP contribution in [0.1, 0.15) is 23.6 Å². The second-order valence-corrected chi connectivity index (χ2v) is 8.91. The Morgan fingerprint density at radius 1 is 1.19 bits per heavy atom. The summed E-state index contributed by atoms with van der Waals surface area (Å²) in [5, 5.41) is 22.8. The lowest BCUT2D eigenvalue weighted by Gasteiger charge is -2.29. The molecule has 2 heterocycles. The maximum atomic E-state index is 13.2. The van der Waals surface area contributed by atoms with E-state index in [0.29, 0.717) is 37.5 Å². The van der Waals surface area contributed by atoms with Crippen molar-refractivity contribution in [1.82, 2.24) is 9.80 Å². The Balaban J connectivity index is 1.73. The average Bonchev–Trinajstić information content (AvgIpc) is 3.14. The van der Waals surface area contributed by atoms with Crippen LogP contribution in [-0.2, 0) is 14.3 Å². The summed E-state index contributed by atoms with van der Waals surface area (Å²) >= 11 is 6.22. The first kappa shape index (κ1) is 25.6. The van der Waals surface area contributed by atoms with Crippen LogP contribution in [0.3, 0.4) is 0 Å². The first-order chi connectivity index (χ1) is 17.3. The van der Waals surface area contributed by atoms with Crippen LogP contribution in [0.4, 0.5) is 5.69 Å². The summed E-state index contributed by atoms with van der Waals surface area (Å²) in [5.41, 5.74) is 0.255. The van der Waals surface area contributed by atoms with Gasteiger partial charge in [-0.3, -0.25) is 24.6 Å². The Hall–Kier alpha value is -3.47. The first-order valence-corrected chi connectivity index (χ1v) is 11.9. The van der Waals surface area contributed by atoms with Crippen LogP contribution in [0.25, 0.3) is 5.76 Å². The van der Waals surface area contributed by atoms with Crippen LogP contribution < -0.4 is 4.74 Å². The van der Waals surface area contributed by atoms with Crippen molar-refractivity contribution in [2.75, 3.05) is 46.5 Å². The van der Waals surface area contributed by atoms with E-state index in [-0.39, 0.29) is 28.4 Å². The number of amides is 1. The van der Waals surface area contributed by atoms with Crippen molar-refractivity contribution in [2.24, 2.45) is 0 Å². The predicted octanol–water partition coefficient (Wildman–Crippen LogP) is 3.40. The van der Waals surface area contributed by atoms with E-state index in [0.717, 1.165) is 13.1 Å². The van der Waals surface area contributed by atoms with E-state index in [9.17, 15) is 24.8 Å². The van der Waals surface area contributed by atoms with Crippen molar-refractivity contribution in [3.63, 3.8) is 0 Å². The van der Waals surface area contributed by atoms with Gasteiger partial charge in [0.1, 0.15) is 11.5 Å². The van der Waals surface area contributed by atoms with E-state index < -0.39 is 28.4 Å². The molecule has 0 bridgehead atoms. The fraction of sp³-hybridized carbons (Fsp3) is 0.360. The van der Waals surface area contributed by atoms with Crippen molar-refractivity contribution in [3.8, 4) is 5.75 Å². The molecule has 2 aliphatic heterocycles. The highest BCUT2D eigenvalue weighted by Gasteiger charge is 2.46. The molecule has 4 rings (SSSR count). The van der Waals surface area contributed by atoms with Crippen molar-refractivity contribution in [3.05, 3.63) is 74.3 Å². The number of morpholine rings is 1. The summed E-state index contributed by atoms with van der Waals surface area (Å²) in [6.07, 6.45) is 0.576. The van der Waals surface area contributed by atoms with Crippen LogP contribution in [0, 0.1) is 10.1 Å². The molecule has 2 saturated heterocycles. The van der Waals surface area contributed by atoms with E-state index in [1.807, 2.05) is 0 Å². The molecule has 190 valence electrons. The minimum absolute atomic E-state index is 0.145. The number of likely N-dealkylation sites (tertiary alicyclic amines) is 1. The number of hydrogen-bond acceptors (Lipinski definition) is 8. The molecule has 0 spiro atoms. The Morgan fingerprint density at radius 2 is 1.94 bits per heavy atom. The number of nitro benzene ring substituents is 1.